The molecule has 34 heavy (non-hydrogen) atoms. The third kappa shape index (κ3) is 4.60. The zero-order valence-electron chi connectivity index (χ0n) is 19.6. The van der Waals surface area contributed by atoms with Crippen LogP contribution in [0.4, 0.5) is 5.69 Å². The third-order valence-electron chi connectivity index (χ3n) is 5.81. The van der Waals surface area contributed by atoms with Crippen molar-refractivity contribution in [2.45, 2.75) is 32.1 Å². The van der Waals surface area contributed by atoms with Gasteiger partial charge < -0.3 is 9.13 Å². The Bertz CT molecular complexity index is 1440. The Morgan fingerprint density at radius 1 is 1.06 bits per heavy atom. The molecule has 4 aromatic rings. The summed E-state index contributed by atoms with van der Waals surface area (Å²) in [4.78, 5) is 13.2. The molecule has 0 saturated carbocycles. The Morgan fingerprint density at radius 3 is 2.41 bits per heavy atom. The molecular formula is C24H27N5O3S2. The molecule has 0 aliphatic heterocycles. The molecular weight excluding hydrogens is 470 g/mol. The SMILES string of the molecule is CCn1c(C)c(C(=O)CSc2nnc(CN(c3ccccc3)S(C)(=O)=O)n2C)c2ccccc21. The average Bonchev–Trinajstić information content (AvgIpc) is 3.31. The minimum Gasteiger partial charge on any atom is -0.344 e. The summed E-state index contributed by atoms with van der Waals surface area (Å²) < 4.78 is 30.0. The van der Waals surface area contributed by atoms with Crippen LogP contribution in [0.25, 0.3) is 10.9 Å². The lowest BCUT2D eigenvalue weighted by atomic mass is 10.1. The number of hydrogen-bond donors (Lipinski definition) is 0. The molecule has 178 valence electrons. The highest BCUT2D eigenvalue weighted by Crippen LogP contribution is 2.28. The highest BCUT2D eigenvalue weighted by Gasteiger charge is 2.23. The number of rotatable bonds is 9. The number of para-hydroxylation sites is 2. The number of benzene rings is 2. The maximum Gasteiger partial charge on any atom is 0.232 e. The number of sulfonamides is 1. The van der Waals surface area contributed by atoms with Crippen molar-refractivity contribution in [2.24, 2.45) is 7.05 Å². The minimum atomic E-state index is -3.52. The topological polar surface area (TPSA) is 90.1 Å². The Labute approximate surface area is 203 Å². The van der Waals surface area contributed by atoms with E-state index in [0.29, 0.717) is 16.7 Å². The van der Waals surface area contributed by atoms with Gasteiger partial charge in [-0.2, -0.15) is 0 Å². The van der Waals surface area contributed by atoms with E-state index in [9.17, 15) is 13.2 Å². The van der Waals surface area contributed by atoms with Crippen molar-refractivity contribution in [1.29, 1.82) is 0 Å². The number of fused-ring (bicyclic) bond motifs is 1. The Hall–Kier alpha value is -3.11. The van der Waals surface area contributed by atoms with Gasteiger partial charge in [0.25, 0.3) is 0 Å². The Balaban J connectivity index is 1.54. The van der Waals surface area contributed by atoms with Crippen LogP contribution in [0, 0.1) is 6.92 Å². The number of carbonyl (C=O) groups is 1. The number of carbonyl (C=O) groups excluding carboxylic acids is 1. The lowest BCUT2D eigenvalue weighted by Gasteiger charge is -2.21. The van der Waals surface area contributed by atoms with Gasteiger partial charge >= 0.3 is 0 Å². The highest BCUT2D eigenvalue weighted by molar-refractivity contribution is 7.99. The maximum absolute atomic E-state index is 13.2. The molecule has 0 spiro atoms. The first-order valence-corrected chi connectivity index (χ1v) is 13.7. The maximum atomic E-state index is 13.2. The molecule has 2 aromatic heterocycles. The first kappa shape index (κ1) is 24.0. The van der Waals surface area contributed by atoms with Crippen LogP contribution in [0.3, 0.4) is 0 Å². The molecule has 4 rings (SSSR count). The fraction of sp³-hybridized carbons (Fsp3) is 0.292. The molecule has 0 saturated heterocycles. The van der Waals surface area contributed by atoms with Crippen molar-refractivity contribution < 1.29 is 13.2 Å². The fourth-order valence-electron chi connectivity index (χ4n) is 4.12. The first-order chi connectivity index (χ1) is 16.2. The van der Waals surface area contributed by atoms with Gasteiger partial charge in [-0.15, -0.1) is 10.2 Å². The molecule has 8 nitrogen and oxygen atoms in total. The molecule has 0 amide bonds. The van der Waals surface area contributed by atoms with Crippen molar-refractivity contribution in [3.8, 4) is 0 Å². The summed E-state index contributed by atoms with van der Waals surface area (Å²) in [5, 5.41) is 9.93. The van der Waals surface area contributed by atoms with Gasteiger partial charge in [0.1, 0.15) is 0 Å². The number of hydrogen-bond acceptors (Lipinski definition) is 6. The predicted molar refractivity (Wildman–Crippen MR) is 136 cm³/mol. The Kier molecular flexibility index (Phi) is 6.81. The minimum absolute atomic E-state index is 0.0255. The van der Waals surface area contributed by atoms with E-state index >= 15 is 0 Å². The van der Waals surface area contributed by atoms with Crippen molar-refractivity contribution in [3.05, 3.63) is 71.7 Å². The number of thioether (sulfide) groups is 1. The zero-order chi connectivity index (χ0) is 24.5. The van der Waals surface area contributed by atoms with Crippen molar-refractivity contribution in [1.82, 2.24) is 19.3 Å². The second-order valence-electron chi connectivity index (χ2n) is 8.00. The van der Waals surface area contributed by atoms with Gasteiger partial charge in [0.05, 0.1) is 24.2 Å². The van der Waals surface area contributed by atoms with Crippen LogP contribution in [0.2, 0.25) is 0 Å². The summed E-state index contributed by atoms with van der Waals surface area (Å²) in [6.07, 6.45) is 1.17. The van der Waals surface area contributed by atoms with Gasteiger partial charge in [0, 0.05) is 35.8 Å². The summed E-state index contributed by atoms with van der Waals surface area (Å²) in [6.45, 7) is 4.88. The van der Waals surface area contributed by atoms with Crippen LogP contribution < -0.4 is 4.31 Å². The van der Waals surface area contributed by atoms with Crippen LogP contribution in [0.15, 0.2) is 59.8 Å². The molecule has 0 radical (unpaired) electrons. The zero-order valence-corrected chi connectivity index (χ0v) is 21.2. The molecule has 0 bridgehead atoms. The van der Waals surface area contributed by atoms with Crippen LogP contribution in [0.1, 0.15) is 28.8 Å². The van der Waals surface area contributed by atoms with Crippen LogP contribution >= 0.6 is 11.8 Å². The number of anilines is 1. The quantitative estimate of drug-likeness (QED) is 0.256. The lowest BCUT2D eigenvalue weighted by molar-refractivity contribution is 0.102. The second kappa shape index (κ2) is 9.63. The molecule has 0 atom stereocenters. The third-order valence-corrected chi connectivity index (χ3v) is 7.97. The van der Waals surface area contributed by atoms with E-state index in [-0.39, 0.29) is 18.1 Å². The molecule has 0 aliphatic carbocycles. The van der Waals surface area contributed by atoms with Gasteiger partial charge in [0.2, 0.25) is 10.0 Å². The summed E-state index contributed by atoms with van der Waals surface area (Å²) in [5.74, 6) is 0.722. The molecule has 10 heteroatoms. The van der Waals surface area contributed by atoms with Crippen LogP contribution in [0.5, 0.6) is 0 Å². The number of ketones is 1. The molecule has 0 unspecified atom stereocenters. The van der Waals surface area contributed by atoms with E-state index in [0.717, 1.165) is 28.7 Å². The Morgan fingerprint density at radius 2 is 1.74 bits per heavy atom. The molecule has 0 aliphatic rings. The van der Waals surface area contributed by atoms with Crippen LogP contribution in [-0.2, 0) is 30.2 Å². The van der Waals surface area contributed by atoms with E-state index < -0.39 is 10.0 Å². The fourth-order valence-corrected chi connectivity index (χ4v) is 5.78. The number of aryl methyl sites for hydroxylation is 1. The predicted octanol–water partition coefficient (Wildman–Crippen LogP) is 4.04. The second-order valence-corrected chi connectivity index (χ2v) is 10.8. The van der Waals surface area contributed by atoms with E-state index in [1.54, 1.807) is 35.9 Å². The molecule has 2 heterocycles. The monoisotopic (exact) mass is 497 g/mol. The van der Waals surface area contributed by atoms with Gasteiger partial charge in [-0.3, -0.25) is 9.10 Å². The normalized spacial score (nSPS) is 11.8. The van der Waals surface area contributed by atoms with Crippen molar-refractivity contribution in [2.75, 3.05) is 16.3 Å². The molecule has 2 aromatic carbocycles. The highest BCUT2D eigenvalue weighted by atomic mass is 32.2. The lowest BCUT2D eigenvalue weighted by Crippen LogP contribution is -2.30. The van der Waals surface area contributed by atoms with E-state index in [1.165, 1.54) is 22.3 Å². The average molecular weight is 498 g/mol. The van der Waals surface area contributed by atoms with Gasteiger partial charge in [0.15, 0.2) is 16.8 Å². The summed E-state index contributed by atoms with van der Waals surface area (Å²) in [7, 11) is -1.74. The largest absolute Gasteiger partial charge is 0.344 e. The van der Waals surface area contributed by atoms with E-state index in [4.69, 9.17) is 0 Å². The van der Waals surface area contributed by atoms with Crippen molar-refractivity contribution in [3.63, 3.8) is 0 Å². The standard InChI is InChI=1S/C24H27N5O3S2/c1-5-28-17(2)23(19-13-9-10-14-20(19)28)21(30)16-33-24-26-25-22(27(24)3)15-29(34(4,31)32)18-11-7-6-8-12-18/h6-14H,5,15-16H2,1-4H3. The number of aromatic nitrogens is 4. The summed E-state index contributed by atoms with van der Waals surface area (Å²) in [5.41, 5.74) is 3.30. The summed E-state index contributed by atoms with van der Waals surface area (Å²) >= 11 is 1.30. The summed E-state index contributed by atoms with van der Waals surface area (Å²) in [6, 6.07) is 16.8. The first-order valence-electron chi connectivity index (χ1n) is 10.9. The van der Waals surface area contributed by atoms with Gasteiger partial charge in [-0.25, -0.2) is 8.42 Å². The smallest absolute Gasteiger partial charge is 0.232 e. The van der Waals surface area contributed by atoms with E-state index in [2.05, 4.69) is 21.7 Å². The van der Waals surface area contributed by atoms with Gasteiger partial charge in [-0.05, 0) is 32.0 Å². The van der Waals surface area contributed by atoms with Crippen molar-refractivity contribution >= 4 is 44.2 Å². The number of Topliss-reactive ketones (excluding diaryl/α,β-unsaturated/α-hetero) is 1. The van der Waals surface area contributed by atoms with Gasteiger partial charge in [-0.1, -0.05) is 48.2 Å². The number of nitrogens with zero attached hydrogens (tertiary/aromatic N) is 5. The molecule has 0 N–H and O–H groups in total. The van der Waals surface area contributed by atoms with Crippen LogP contribution in [-0.4, -0.2) is 45.5 Å². The van der Waals surface area contributed by atoms with E-state index in [1.807, 2.05) is 37.3 Å². The molecule has 0 fully saturated rings.